The minimum Gasteiger partial charge on any atom is -0.494 e. The lowest BCUT2D eigenvalue weighted by atomic mass is 9.81. The molecule has 2 aromatic rings. The number of halogens is 1. The molecule has 1 heterocycles. The number of ketones is 1. The topological polar surface area (TPSA) is 39.2 Å². The van der Waals surface area contributed by atoms with Crippen LogP contribution in [-0.4, -0.2) is 23.3 Å². The van der Waals surface area contributed by atoms with E-state index in [1.54, 1.807) is 11.3 Å². The van der Waals surface area contributed by atoms with Gasteiger partial charge < -0.3 is 4.74 Å². The number of carbonyl (C=O) groups excluding carboxylic acids is 1. The van der Waals surface area contributed by atoms with Crippen LogP contribution >= 0.6 is 22.9 Å². The summed E-state index contributed by atoms with van der Waals surface area (Å²) in [7, 11) is 0. The largest absolute Gasteiger partial charge is 0.494 e. The van der Waals surface area contributed by atoms with Gasteiger partial charge in [-0.25, -0.2) is 4.98 Å². The lowest BCUT2D eigenvalue weighted by molar-refractivity contribution is -0.124. The Labute approximate surface area is 158 Å². The number of benzene rings is 1. The summed E-state index contributed by atoms with van der Waals surface area (Å²) in [6.45, 7) is 4.75. The molecule has 0 bridgehead atoms. The number of aryl methyl sites for hydroxylation is 1. The minimum atomic E-state index is -0.398. The summed E-state index contributed by atoms with van der Waals surface area (Å²) >= 11 is 7.38. The van der Waals surface area contributed by atoms with Crippen molar-refractivity contribution in [1.82, 2.24) is 4.98 Å². The van der Waals surface area contributed by atoms with Gasteiger partial charge in [0.05, 0.1) is 17.7 Å². The quantitative estimate of drug-likeness (QED) is 0.457. The highest BCUT2D eigenvalue weighted by Crippen LogP contribution is 2.44. The zero-order chi connectivity index (χ0) is 17.9. The van der Waals surface area contributed by atoms with Crippen LogP contribution in [0.4, 0.5) is 0 Å². The first-order valence-corrected chi connectivity index (χ1v) is 10.3. The average Bonchev–Trinajstić information content (AvgIpc) is 3.17. The zero-order valence-corrected chi connectivity index (χ0v) is 16.4. The van der Waals surface area contributed by atoms with Gasteiger partial charge in [-0.15, -0.1) is 22.9 Å². The van der Waals surface area contributed by atoms with E-state index in [1.807, 2.05) is 24.3 Å². The van der Waals surface area contributed by atoms with Crippen LogP contribution in [0.15, 0.2) is 24.3 Å². The van der Waals surface area contributed by atoms with E-state index in [9.17, 15) is 4.79 Å². The predicted octanol–water partition coefficient (Wildman–Crippen LogP) is 5.39. The Kier molecular flexibility index (Phi) is 5.80. The number of hydrogen-bond acceptors (Lipinski definition) is 4. The van der Waals surface area contributed by atoms with E-state index >= 15 is 0 Å². The summed E-state index contributed by atoms with van der Waals surface area (Å²) < 4.78 is 5.64. The maximum absolute atomic E-state index is 12.6. The summed E-state index contributed by atoms with van der Waals surface area (Å²) in [6.07, 6.45) is 4.22. The van der Waals surface area contributed by atoms with Crippen molar-refractivity contribution >= 4 is 28.7 Å². The Balaban J connectivity index is 1.78. The third-order valence-electron chi connectivity index (χ3n) is 4.81. The molecule has 1 aromatic heterocycles. The van der Waals surface area contributed by atoms with E-state index in [0.29, 0.717) is 24.7 Å². The van der Waals surface area contributed by atoms with E-state index in [2.05, 4.69) is 13.8 Å². The average molecular weight is 378 g/mol. The van der Waals surface area contributed by atoms with Crippen LogP contribution < -0.4 is 4.74 Å². The molecule has 0 spiro atoms. The van der Waals surface area contributed by atoms with Gasteiger partial charge in [-0.3, -0.25) is 4.79 Å². The van der Waals surface area contributed by atoms with Crippen molar-refractivity contribution in [3.8, 4) is 16.3 Å². The molecule has 1 atom stereocenters. The first-order chi connectivity index (χ1) is 12.1. The highest BCUT2D eigenvalue weighted by Gasteiger charge is 2.43. The second-order valence-corrected chi connectivity index (χ2v) is 8.17. The van der Waals surface area contributed by atoms with Crippen molar-refractivity contribution < 1.29 is 9.53 Å². The number of rotatable bonds is 8. The van der Waals surface area contributed by atoms with Crippen molar-refractivity contribution in [3.63, 3.8) is 0 Å². The third kappa shape index (κ3) is 3.75. The summed E-state index contributed by atoms with van der Waals surface area (Å²) in [4.78, 5) is 18.7. The molecular formula is C20H24ClNO2S. The summed E-state index contributed by atoms with van der Waals surface area (Å²) in [5.74, 6) is 1.78. The van der Waals surface area contributed by atoms with Crippen LogP contribution in [0.2, 0.25) is 0 Å². The molecule has 1 aromatic carbocycles. The van der Waals surface area contributed by atoms with Crippen LogP contribution in [0.5, 0.6) is 5.75 Å². The first kappa shape index (κ1) is 18.4. The van der Waals surface area contributed by atoms with E-state index < -0.39 is 5.41 Å². The van der Waals surface area contributed by atoms with Crippen LogP contribution in [0.25, 0.3) is 10.6 Å². The highest BCUT2D eigenvalue weighted by molar-refractivity contribution is 7.15. The Morgan fingerprint density at radius 1 is 1.36 bits per heavy atom. The Morgan fingerprint density at radius 2 is 2.12 bits per heavy atom. The maximum Gasteiger partial charge on any atom is 0.144 e. The molecule has 0 saturated carbocycles. The van der Waals surface area contributed by atoms with Crippen LogP contribution in [-0.2, 0) is 16.6 Å². The Hall–Kier alpha value is -1.39. The van der Waals surface area contributed by atoms with Gasteiger partial charge in [-0.05, 0) is 56.9 Å². The monoisotopic (exact) mass is 377 g/mol. The van der Waals surface area contributed by atoms with E-state index in [4.69, 9.17) is 21.3 Å². The molecule has 0 aliphatic heterocycles. The van der Waals surface area contributed by atoms with Crippen LogP contribution in [0, 0.1) is 0 Å². The molecule has 3 nitrogen and oxygen atoms in total. The van der Waals surface area contributed by atoms with Gasteiger partial charge in [0.25, 0.3) is 0 Å². The molecule has 5 heteroatoms. The number of ether oxygens (including phenoxy) is 1. The van der Waals surface area contributed by atoms with E-state index in [0.717, 1.165) is 47.7 Å². The number of carbonyl (C=O) groups is 1. The molecule has 1 aliphatic carbocycles. The van der Waals surface area contributed by atoms with E-state index in [1.165, 1.54) is 4.88 Å². The maximum atomic E-state index is 12.6. The predicted molar refractivity (Wildman–Crippen MR) is 104 cm³/mol. The van der Waals surface area contributed by atoms with Gasteiger partial charge in [0.1, 0.15) is 16.5 Å². The molecule has 25 heavy (non-hydrogen) atoms. The molecule has 1 unspecified atom stereocenters. The SMILES string of the molecule is CCCC(=O)C1(C)CCc2sc(-c3ccc(OCCCCl)cc3)nc21. The molecule has 3 rings (SSSR count). The standard InChI is InChI=1S/C20H24ClNO2S/c1-3-5-17(23)20(2)11-10-16-18(20)22-19(25-16)14-6-8-15(9-7-14)24-13-4-12-21/h6-9H,3-5,10-13H2,1-2H3. The smallest absolute Gasteiger partial charge is 0.144 e. The molecule has 0 saturated heterocycles. The fraction of sp³-hybridized carbons (Fsp3) is 0.500. The molecular weight excluding hydrogens is 354 g/mol. The van der Waals surface area contributed by atoms with Crippen molar-refractivity contribution in [2.45, 2.75) is 51.4 Å². The molecule has 1 aliphatic rings. The van der Waals surface area contributed by atoms with E-state index in [-0.39, 0.29) is 0 Å². The number of fused-ring (bicyclic) bond motifs is 1. The lowest BCUT2D eigenvalue weighted by Crippen LogP contribution is -2.30. The number of hydrogen-bond donors (Lipinski definition) is 0. The molecule has 0 fully saturated rings. The fourth-order valence-corrected chi connectivity index (χ4v) is 4.58. The van der Waals surface area contributed by atoms with Crippen LogP contribution in [0.1, 0.15) is 50.1 Å². The second-order valence-electron chi connectivity index (χ2n) is 6.71. The lowest BCUT2D eigenvalue weighted by Gasteiger charge is -2.21. The first-order valence-electron chi connectivity index (χ1n) is 8.91. The summed E-state index contributed by atoms with van der Waals surface area (Å²) in [6, 6.07) is 8.01. The van der Waals surface area contributed by atoms with Crippen molar-refractivity contribution in [1.29, 1.82) is 0 Å². The van der Waals surface area contributed by atoms with Crippen molar-refractivity contribution in [2.75, 3.05) is 12.5 Å². The molecule has 0 N–H and O–H groups in total. The van der Waals surface area contributed by atoms with Gasteiger partial charge in [0, 0.05) is 22.7 Å². The van der Waals surface area contributed by atoms with Crippen LogP contribution in [0.3, 0.4) is 0 Å². The number of alkyl halides is 1. The zero-order valence-electron chi connectivity index (χ0n) is 14.8. The highest BCUT2D eigenvalue weighted by atomic mass is 35.5. The number of nitrogens with zero attached hydrogens (tertiary/aromatic N) is 1. The fourth-order valence-electron chi connectivity index (χ4n) is 3.27. The van der Waals surface area contributed by atoms with Gasteiger partial charge in [-0.2, -0.15) is 0 Å². The molecule has 0 amide bonds. The van der Waals surface area contributed by atoms with Gasteiger partial charge in [0.15, 0.2) is 0 Å². The summed E-state index contributed by atoms with van der Waals surface area (Å²) in [5, 5.41) is 0.993. The van der Waals surface area contributed by atoms with Gasteiger partial charge in [-0.1, -0.05) is 6.92 Å². The normalized spacial score (nSPS) is 19.0. The molecule has 134 valence electrons. The second kappa shape index (κ2) is 7.88. The summed E-state index contributed by atoms with van der Waals surface area (Å²) in [5.41, 5.74) is 1.69. The number of aromatic nitrogens is 1. The van der Waals surface area contributed by atoms with Crippen molar-refractivity contribution in [3.05, 3.63) is 34.8 Å². The number of Topliss-reactive ketones (excluding diaryl/α,β-unsaturated/α-hetero) is 1. The van der Waals surface area contributed by atoms with Crippen molar-refractivity contribution in [2.24, 2.45) is 0 Å². The van der Waals surface area contributed by atoms with Gasteiger partial charge >= 0.3 is 0 Å². The third-order valence-corrected chi connectivity index (χ3v) is 6.24. The Morgan fingerprint density at radius 3 is 2.80 bits per heavy atom. The molecule has 0 radical (unpaired) electrons. The van der Waals surface area contributed by atoms with Gasteiger partial charge in [0.2, 0.25) is 0 Å². The number of thiazole rings is 1. The Bertz CT molecular complexity index is 741. The minimum absolute atomic E-state index is 0.327.